The maximum atomic E-state index is 11.2. The van der Waals surface area contributed by atoms with Crippen LogP contribution >= 0.6 is 0 Å². The van der Waals surface area contributed by atoms with Crippen LogP contribution in [-0.4, -0.2) is 30.3 Å². The molecular formula is C21H43NO3. The van der Waals surface area contributed by atoms with Crippen molar-refractivity contribution in [1.29, 1.82) is 0 Å². The second-order valence-electron chi connectivity index (χ2n) is 7.35. The minimum absolute atomic E-state index is 0.534. The SMILES string of the molecule is CCCCCCCCCCCCCCCCCC(O)C(N)C(=O)OC. The van der Waals surface area contributed by atoms with Gasteiger partial charge in [-0.15, -0.1) is 0 Å². The molecule has 0 spiro atoms. The van der Waals surface area contributed by atoms with Crippen molar-refractivity contribution in [3.63, 3.8) is 0 Å². The van der Waals surface area contributed by atoms with Gasteiger partial charge in [-0.25, -0.2) is 0 Å². The molecule has 0 aliphatic rings. The van der Waals surface area contributed by atoms with Gasteiger partial charge in [0, 0.05) is 0 Å². The van der Waals surface area contributed by atoms with Crippen LogP contribution in [-0.2, 0) is 9.53 Å². The number of methoxy groups -OCH3 is 1. The average molecular weight is 358 g/mol. The fraction of sp³-hybridized carbons (Fsp3) is 0.952. The Kier molecular flexibility index (Phi) is 17.7. The van der Waals surface area contributed by atoms with Crippen LogP contribution in [0.1, 0.15) is 110 Å². The summed E-state index contributed by atoms with van der Waals surface area (Å²) in [5, 5.41) is 9.80. The summed E-state index contributed by atoms with van der Waals surface area (Å²) < 4.78 is 4.54. The van der Waals surface area contributed by atoms with E-state index in [1.54, 1.807) is 0 Å². The first-order valence-corrected chi connectivity index (χ1v) is 10.6. The molecule has 4 heteroatoms. The summed E-state index contributed by atoms with van der Waals surface area (Å²) in [6.07, 6.45) is 19.6. The normalized spacial score (nSPS) is 13.6. The minimum Gasteiger partial charge on any atom is -0.468 e. The Labute approximate surface area is 155 Å². The van der Waals surface area contributed by atoms with E-state index in [0.717, 1.165) is 12.8 Å². The fourth-order valence-electron chi connectivity index (χ4n) is 3.20. The monoisotopic (exact) mass is 357 g/mol. The largest absolute Gasteiger partial charge is 0.468 e. The van der Waals surface area contributed by atoms with Gasteiger partial charge in [0.15, 0.2) is 0 Å². The van der Waals surface area contributed by atoms with Crippen LogP contribution < -0.4 is 5.73 Å². The van der Waals surface area contributed by atoms with E-state index in [9.17, 15) is 9.90 Å². The summed E-state index contributed by atoms with van der Waals surface area (Å²) in [5.41, 5.74) is 5.61. The molecule has 0 bridgehead atoms. The van der Waals surface area contributed by atoms with Gasteiger partial charge in [-0.2, -0.15) is 0 Å². The predicted molar refractivity (Wildman–Crippen MR) is 106 cm³/mol. The van der Waals surface area contributed by atoms with Crippen LogP contribution in [0.4, 0.5) is 0 Å². The zero-order valence-electron chi connectivity index (χ0n) is 16.8. The molecule has 0 amide bonds. The van der Waals surface area contributed by atoms with Gasteiger partial charge in [0.05, 0.1) is 13.2 Å². The third kappa shape index (κ3) is 15.4. The zero-order valence-corrected chi connectivity index (χ0v) is 16.8. The van der Waals surface area contributed by atoms with Crippen LogP contribution in [0, 0.1) is 0 Å². The number of hydrogen-bond acceptors (Lipinski definition) is 4. The van der Waals surface area contributed by atoms with E-state index < -0.39 is 18.1 Å². The van der Waals surface area contributed by atoms with Gasteiger partial charge in [-0.05, 0) is 6.42 Å². The Morgan fingerprint density at radius 3 is 1.52 bits per heavy atom. The van der Waals surface area contributed by atoms with E-state index in [1.807, 2.05) is 0 Å². The second-order valence-corrected chi connectivity index (χ2v) is 7.35. The van der Waals surface area contributed by atoms with Crippen molar-refractivity contribution in [3.05, 3.63) is 0 Å². The van der Waals surface area contributed by atoms with E-state index in [1.165, 1.54) is 90.6 Å². The predicted octanol–water partition coefficient (Wildman–Crippen LogP) is 5.11. The Hall–Kier alpha value is -0.610. The van der Waals surface area contributed by atoms with Gasteiger partial charge in [-0.3, -0.25) is 4.79 Å². The van der Waals surface area contributed by atoms with Crippen LogP contribution in [0.3, 0.4) is 0 Å². The highest BCUT2D eigenvalue weighted by molar-refractivity contribution is 5.75. The van der Waals surface area contributed by atoms with Gasteiger partial charge in [0.1, 0.15) is 6.04 Å². The number of unbranched alkanes of at least 4 members (excludes halogenated alkanes) is 14. The lowest BCUT2D eigenvalue weighted by atomic mass is 10.0. The third-order valence-corrected chi connectivity index (χ3v) is 4.99. The maximum Gasteiger partial charge on any atom is 0.325 e. The number of ether oxygens (including phenoxy) is 1. The van der Waals surface area contributed by atoms with Gasteiger partial charge < -0.3 is 15.6 Å². The summed E-state index contributed by atoms with van der Waals surface area (Å²) in [7, 11) is 1.29. The molecular weight excluding hydrogens is 314 g/mol. The quantitative estimate of drug-likeness (QED) is 0.264. The van der Waals surface area contributed by atoms with Gasteiger partial charge >= 0.3 is 5.97 Å². The smallest absolute Gasteiger partial charge is 0.325 e. The molecule has 0 fully saturated rings. The highest BCUT2D eigenvalue weighted by Gasteiger charge is 2.22. The molecule has 150 valence electrons. The van der Waals surface area contributed by atoms with Crippen molar-refractivity contribution in [3.8, 4) is 0 Å². The number of hydrogen-bond donors (Lipinski definition) is 2. The number of carbonyl (C=O) groups excluding carboxylic acids is 1. The van der Waals surface area contributed by atoms with E-state index in [0.29, 0.717) is 6.42 Å². The average Bonchev–Trinajstić information content (AvgIpc) is 2.63. The Morgan fingerprint density at radius 1 is 0.800 bits per heavy atom. The lowest BCUT2D eigenvalue weighted by Crippen LogP contribution is -2.42. The molecule has 0 aromatic carbocycles. The van der Waals surface area contributed by atoms with Crippen LogP contribution in [0.25, 0.3) is 0 Å². The molecule has 0 saturated carbocycles. The summed E-state index contributed by atoms with van der Waals surface area (Å²) in [5.74, 6) is -0.534. The first-order valence-electron chi connectivity index (χ1n) is 10.6. The number of aliphatic hydroxyl groups is 1. The summed E-state index contributed by atoms with van der Waals surface area (Å²) in [4.78, 5) is 11.2. The number of carbonyl (C=O) groups is 1. The van der Waals surface area contributed by atoms with Crippen molar-refractivity contribution in [2.24, 2.45) is 5.73 Å². The Balaban J connectivity index is 3.22. The van der Waals surface area contributed by atoms with Gasteiger partial charge in [0.25, 0.3) is 0 Å². The molecule has 0 radical (unpaired) electrons. The molecule has 3 N–H and O–H groups in total. The molecule has 0 aliphatic heterocycles. The van der Waals surface area contributed by atoms with Crippen molar-refractivity contribution in [2.45, 2.75) is 122 Å². The van der Waals surface area contributed by atoms with Crippen molar-refractivity contribution in [1.82, 2.24) is 0 Å². The maximum absolute atomic E-state index is 11.2. The molecule has 0 saturated heterocycles. The highest BCUT2D eigenvalue weighted by Crippen LogP contribution is 2.14. The van der Waals surface area contributed by atoms with Crippen molar-refractivity contribution in [2.75, 3.05) is 7.11 Å². The number of nitrogens with two attached hydrogens (primary N) is 1. The lowest BCUT2D eigenvalue weighted by Gasteiger charge is -2.16. The molecule has 0 aromatic rings. The number of esters is 1. The molecule has 0 rings (SSSR count). The van der Waals surface area contributed by atoms with E-state index in [4.69, 9.17) is 5.73 Å². The summed E-state index contributed by atoms with van der Waals surface area (Å²) in [6, 6.07) is -0.906. The molecule has 0 heterocycles. The van der Waals surface area contributed by atoms with Gasteiger partial charge in [0.2, 0.25) is 0 Å². The fourth-order valence-corrected chi connectivity index (χ4v) is 3.20. The second kappa shape index (κ2) is 18.2. The highest BCUT2D eigenvalue weighted by atomic mass is 16.5. The van der Waals surface area contributed by atoms with Crippen molar-refractivity contribution < 1.29 is 14.6 Å². The Morgan fingerprint density at radius 2 is 1.16 bits per heavy atom. The molecule has 2 atom stereocenters. The zero-order chi connectivity index (χ0) is 18.8. The van der Waals surface area contributed by atoms with Gasteiger partial charge in [-0.1, -0.05) is 103 Å². The third-order valence-electron chi connectivity index (χ3n) is 4.99. The molecule has 25 heavy (non-hydrogen) atoms. The van der Waals surface area contributed by atoms with E-state index in [-0.39, 0.29) is 0 Å². The Bertz CT molecular complexity index is 297. The lowest BCUT2D eigenvalue weighted by molar-refractivity contribution is -0.145. The summed E-state index contributed by atoms with van der Waals surface area (Å²) in [6.45, 7) is 2.27. The van der Waals surface area contributed by atoms with Crippen LogP contribution in [0.15, 0.2) is 0 Å². The number of aliphatic hydroxyl groups excluding tert-OH is 1. The number of rotatable bonds is 18. The first-order chi connectivity index (χ1) is 12.1. The van der Waals surface area contributed by atoms with Crippen LogP contribution in [0.5, 0.6) is 0 Å². The minimum atomic E-state index is -0.906. The first kappa shape index (κ1) is 24.4. The summed E-state index contributed by atoms with van der Waals surface area (Å²) >= 11 is 0. The molecule has 4 nitrogen and oxygen atoms in total. The van der Waals surface area contributed by atoms with E-state index >= 15 is 0 Å². The standard InChI is InChI=1S/C21H43NO3/c1-3-4-5-6-7-8-9-10-11-12-13-14-15-16-17-18-19(23)20(22)21(24)25-2/h19-20,23H,3-18,22H2,1-2H3. The molecule has 2 unspecified atom stereocenters. The van der Waals surface area contributed by atoms with E-state index in [2.05, 4.69) is 11.7 Å². The van der Waals surface area contributed by atoms with Crippen molar-refractivity contribution >= 4 is 5.97 Å². The molecule has 0 aliphatic carbocycles. The molecule has 0 aromatic heterocycles. The van der Waals surface area contributed by atoms with Crippen LogP contribution in [0.2, 0.25) is 0 Å². The topological polar surface area (TPSA) is 72.5 Å².